The lowest BCUT2D eigenvalue weighted by molar-refractivity contribution is 0.101. The van der Waals surface area contributed by atoms with Crippen LogP contribution in [0.5, 0.6) is 0 Å². The quantitative estimate of drug-likeness (QED) is 0.263. The van der Waals surface area contributed by atoms with Crippen molar-refractivity contribution in [1.82, 2.24) is 4.57 Å². The second kappa shape index (κ2) is 9.54. The molecule has 196 valence electrons. The summed E-state index contributed by atoms with van der Waals surface area (Å²) in [4.78, 5) is 31.1. The van der Waals surface area contributed by atoms with Gasteiger partial charge in [-0.2, -0.15) is 0 Å². The molecule has 1 aliphatic carbocycles. The van der Waals surface area contributed by atoms with Crippen LogP contribution in [0.15, 0.2) is 105 Å². The number of nitrogens with zero attached hydrogens (tertiary/aromatic N) is 2. The number of hydrogen-bond acceptors (Lipinski definition) is 5. The maximum atomic E-state index is 13.9. The molecule has 1 atom stereocenters. The molecule has 5 aromatic rings. The van der Waals surface area contributed by atoms with Gasteiger partial charge in [-0.15, -0.1) is 0 Å². The molecule has 0 unspecified atom stereocenters. The van der Waals surface area contributed by atoms with Crippen LogP contribution in [-0.4, -0.2) is 10.4 Å². The van der Waals surface area contributed by atoms with Crippen molar-refractivity contribution in [3.8, 4) is 11.3 Å². The lowest BCUT2D eigenvalue weighted by atomic mass is 9.83. The summed E-state index contributed by atoms with van der Waals surface area (Å²) in [6, 6.07) is 25.2. The Morgan fingerprint density at radius 3 is 2.55 bits per heavy atom. The predicted molar refractivity (Wildman–Crippen MR) is 153 cm³/mol. The van der Waals surface area contributed by atoms with E-state index < -0.39 is 0 Å². The normalized spacial score (nSPS) is 16.2. The third-order valence-corrected chi connectivity index (χ3v) is 8.52. The largest absolute Gasteiger partial charge is 0.457 e. The van der Waals surface area contributed by atoms with E-state index in [-0.39, 0.29) is 23.2 Å². The molecule has 7 heteroatoms. The van der Waals surface area contributed by atoms with Crippen molar-refractivity contribution in [3.63, 3.8) is 0 Å². The van der Waals surface area contributed by atoms with Gasteiger partial charge in [0.15, 0.2) is 10.6 Å². The number of benzene rings is 3. The van der Waals surface area contributed by atoms with Crippen LogP contribution in [0.3, 0.4) is 0 Å². The predicted octanol–water partition coefficient (Wildman–Crippen LogP) is 5.92. The van der Waals surface area contributed by atoms with Gasteiger partial charge in [-0.25, -0.2) is 9.38 Å². The lowest BCUT2D eigenvalue weighted by Crippen LogP contribution is -2.38. The molecule has 0 fully saturated rings. The molecule has 5 nitrogen and oxygen atoms in total. The van der Waals surface area contributed by atoms with E-state index in [2.05, 4.69) is 12.1 Å². The van der Waals surface area contributed by atoms with Gasteiger partial charge < -0.3 is 4.42 Å². The van der Waals surface area contributed by atoms with E-state index in [0.717, 1.165) is 40.8 Å². The van der Waals surface area contributed by atoms with Crippen LogP contribution in [0.25, 0.3) is 23.1 Å². The molecular weight excluding hydrogens is 523 g/mol. The molecule has 0 spiro atoms. The molecule has 2 aliphatic rings. The van der Waals surface area contributed by atoms with E-state index in [9.17, 15) is 14.0 Å². The number of carbonyl (C=O) groups is 1. The Balaban J connectivity index is 1.36. The Labute approximate surface area is 232 Å². The first kappa shape index (κ1) is 24.4. The highest BCUT2D eigenvalue weighted by Crippen LogP contribution is 2.41. The van der Waals surface area contributed by atoms with Crippen LogP contribution >= 0.6 is 11.3 Å². The van der Waals surface area contributed by atoms with Gasteiger partial charge in [0.25, 0.3) is 5.56 Å². The first-order chi connectivity index (χ1) is 19.5. The van der Waals surface area contributed by atoms with Gasteiger partial charge in [0.1, 0.15) is 17.3 Å². The fourth-order valence-corrected chi connectivity index (χ4v) is 6.53. The summed E-state index contributed by atoms with van der Waals surface area (Å²) >= 11 is 1.32. The van der Waals surface area contributed by atoms with E-state index in [1.807, 2.05) is 36.4 Å². The van der Waals surface area contributed by atoms with Crippen LogP contribution in [0, 0.1) is 5.82 Å². The lowest BCUT2D eigenvalue weighted by Gasteiger charge is -2.30. The standard InChI is InChI=1S/C33H23FN2O3S/c1-19(37)20-6-8-22(9-7-20)28-17-15-25(39-28)18-29-32(38)36-31(23-10-13-24(34)14-11-23)27-16-12-21-4-2-3-5-26(21)30(27)35-33(36)40-29/h2-11,13-15,17-18,31H,12,16H2,1H3/b29-18+/t31-/m0/s1. The SMILES string of the molecule is CC(=O)c1ccc(-c2ccc(/C=c3/sc4n(c3=O)[C@@H](c3ccc(F)cc3)C3=C(N=4)c4ccccc4CC3)o2)cc1. The van der Waals surface area contributed by atoms with Crippen LogP contribution < -0.4 is 14.9 Å². The van der Waals surface area contributed by atoms with Gasteiger partial charge in [-0.1, -0.05) is 72.0 Å². The smallest absolute Gasteiger partial charge is 0.271 e. The van der Waals surface area contributed by atoms with Gasteiger partial charge in [0, 0.05) is 22.8 Å². The number of thiazole rings is 1. The monoisotopic (exact) mass is 546 g/mol. The second-order valence-electron chi connectivity index (χ2n) is 10.0. The Morgan fingerprint density at radius 1 is 1.00 bits per heavy atom. The number of carbonyl (C=O) groups excluding carboxylic acids is 1. The Bertz CT molecular complexity index is 2010. The summed E-state index contributed by atoms with van der Waals surface area (Å²) in [7, 11) is 0. The number of allylic oxidation sites excluding steroid dienone is 1. The fourth-order valence-electron chi connectivity index (χ4n) is 5.55. The average molecular weight is 547 g/mol. The second-order valence-corrected chi connectivity index (χ2v) is 11.0. The summed E-state index contributed by atoms with van der Waals surface area (Å²) in [5.74, 6) is 0.879. The first-order valence-corrected chi connectivity index (χ1v) is 13.9. The maximum Gasteiger partial charge on any atom is 0.271 e. The Morgan fingerprint density at radius 2 is 1.77 bits per heavy atom. The van der Waals surface area contributed by atoms with E-state index >= 15 is 0 Å². The van der Waals surface area contributed by atoms with Gasteiger partial charge in [-0.05, 0) is 60.7 Å². The zero-order valence-electron chi connectivity index (χ0n) is 21.6. The molecule has 0 bridgehead atoms. The zero-order valence-corrected chi connectivity index (χ0v) is 22.4. The molecule has 0 saturated heterocycles. The summed E-state index contributed by atoms with van der Waals surface area (Å²) in [5.41, 5.74) is 6.46. The number of halogens is 1. The van der Waals surface area contributed by atoms with E-state index in [0.29, 0.717) is 26.4 Å². The van der Waals surface area contributed by atoms with E-state index in [4.69, 9.17) is 9.41 Å². The highest BCUT2D eigenvalue weighted by atomic mass is 32.1. The van der Waals surface area contributed by atoms with Gasteiger partial charge in [0.2, 0.25) is 0 Å². The highest BCUT2D eigenvalue weighted by molar-refractivity contribution is 7.07. The maximum absolute atomic E-state index is 13.9. The summed E-state index contributed by atoms with van der Waals surface area (Å²) in [6.07, 6.45) is 3.37. The van der Waals surface area contributed by atoms with Crippen LogP contribution in [-0.2, 0) is 6.42 Å². The average Bonchev–Trinajstić information content (AvgIpc) is 3.57. The zero-order chi connectivity index (χ0) is 27.4. The molecule has 0 amide bonds. The minimum atomic E-state index is -0.366. The highest BCUT2D eigenvalue weighted by Gasteiger charge is 2.32. The third kappa shape index (κ3) is 4.10. The molecular formula is C33H23FN2O3S. The number of rotatable bonds is 4. The molecule has 40 heavy (non-hydrogen) atoms. The van der Waals surface area contributed by atoms with Crippen molar-refractivity contribution in [2.24, 2.45) is 4.99 Å². The van der Waals surface area contributed by atoms with Crippen LogP contribution in [0.1, 0.15) is 52.2 Å². The molecule has 0 radical (unpaired) electrons. The van der Waals surface area contributed by atoms with Crippen molar-refractivity contribution in [2.75, 3.05) is 0 Å². The fraction of sp³-hybridized carbons (Fsp3) is 0.121. The summed E-state index contributed by atoms with van der Waals surface area (Å²) < 4.78 is 22.2. The van der Waals surface area contributed by atoms with Crippen molar-refractivity contribution in [1.29, 1.82) is 0 Å². The number of ketones is 1. The summed E-state index contributed by atoms with van der Waals surface area (Å²) in [5, 5.41) is 0. The van der Waals surface area contributed by atoms with Gasteiger partial charge in [0.05, 0.1) is 16.3 Å². The number of fused-ring (bicyclic) bond motifs is 3. The Kier molecular flexibility index (Phi) is 5.82. The van der Waals surface area contributed by atoms with Crippen molar-refractivity contribution in [3.05, 3.63) is 144 Å². The molecule has 2 aromatic heterocycles. The molecule has 1 aliphatic heterocycles. The third-order valence-electron chi connectivity index (χ3n) is 7.53. The molecule has 3 aromatic carbocycles. The van der Waals surface area contributed by atoms with Crippen molar-refractivity contribution >= 4 is 28.9 Å². The molecule has 7 rings (SSSR count). The Hall–Kier alpha value is -4.62. The number of Topliss-reactive ketones (excluding diaryl/α,β-unsaturated/α-hetero) is 1. The summed E-state index contributed by atoms with van der Waals surface area (Å²) in [6.45, 7) is 1.53. The number of furan rings is 1. The first-order valence-electron chi connectivity index (χ1n) is 13.1. The molecule has 0 N–H and O–H groups in total. The van der Waals surface area contributed by atoms with Crippen LogP contribution in [0.4, 0.5) is 4.39 Å². The topological polar surface area (TPSA) is 64.6 Å². The van der Waals surface area contributed by atoms with Gasteiger partial charge in [-0.3, -0.25) is 14.2 Å². The van der Waals surface area contributed by atoms with Crippen molar-refractivity contribution in [2.45, 2.75) is 25.8 Å². The van der Waals surface area contributed by atoms with Crippen molar-refractivity contribution < 1.29 is 13.6 Å². The molecule has 0 saturated carbocycles. The number of aromatic nitrogens is 1. The van der Waals surface area contributed by atoms with Crippen LogP contribution in [0.2, 0.25) is 0 Å². The number of aryl methyl sites for hydroxylation is 1. The van der Waals surface area contributed by atoms with Gasteiger partial charge >= 0.3 is 0 Å². The van der Waals surface area contributed by atoms with E-state index in [1.54, 1.807) is 34.9 Å². The molecule has 3 heterocycles. The minimum Gasteiger partial charge on any atom is -0.457 e. The van der Waals surface area contributed by atoms with E-state index in [1.165, 1.54) is 36.0 Å². The minimum absolute atomic E-state index is 0.00571. The number of hydrogen-bond donors (Lipinski definition) is 0.